The van der Waals surface area contributed by atoms with Crippen molar-refractivity contribution in [3.05, 3.63) is 35.4 Å². The fraction of sp³-hybridized carbons (Fsp3) is 0.471. The average Bonchev–Trinajstić information content (AvgIpc) is 2.66. The third kappa shape index (κ3) is 1.46. The lowest BCUT2D eigenvalue weighted by atomic mass is 9.70. The van der Waals surface area contributed by atoms with E-state index in [1.54, 1.807) is 0 Å². The van der Waals surface area contributed by atoms with E-state index in [9.17, 15) is 4.79 Å². The number of anilines is 1. The van der Waals surface area contributed by atoms with Gasteiger partial charge in [-0.15, -0.1) is 0 Å². The van der Waals surface area contributed by atoms with Gasteiger partial charge < -0.3 is 5.73 Å². The van der Waals surface area contributed by atoms with Crippen molar-refractivity contribution >= 4 is 17.5 Å². The molecule has 19 heavy (non-hydrogen) atoms. The van der Waals surface area contributed by atoms with Gasteiger partial charge >= 0.3 is 0 Å². The third-order valence-corrected chi connectivity index (χ3v) is 5.67. The van der Waals surface area contributed by atoms with Crippen molar-refractivity contribution in [2.24, 2.45) is 16.7 Å². The van der Waals surface area contributed by atoms with Crippen molar-refractivity contribution in [3.63, 3.8) is 0 Å². The number of para-hydroxylation sites is 1. The first kappa shape index (κ1) is 12.5. The summed E-state index contributed by atoms with van der Waals surface area (Å²) in [4.78, 5) is 12.7. The Balaban J connectivity index is 2.10. The number of nitrogen functional groups attached to an aromatic ring is 1. The molecule has 2 fully saturated rings. The summed E-state index contributed by atoms with van der Waals surface area (Å²) in [5.41, 5.74) is 8.57. The molecule has 0 spiro atoms. The average molecular weight is 255 g/mol. The second kappa shape index (κ2) is 3.72. The fourth-order valence-corrected chi connectivity index (χ4v) is 3.90. The van der Waals surface area contributed by atoms with Gasteiger partial charge in [0, 0.05) is 16.7 Å². The molecular formula is C17H21NO. The Morgan fingerprint density at radius 3 is 2.53 bits per heavy atom. The molecule has 2 nitrogen and oxygen atoms in total. The smallest absolute Gasteiger partial charge is 0.165 e. The number of benzene rings is 1. The second-order valence-corrected chi connectivity index (χ2v) is 6.70. The van der Waals surface area contributed by atoms with Gasteiger partial charge in [0.25, 0.3) is 0 Å². The van der Waals surface area contributed by atoms with Crippen molar-refractivity contribution in [2.45, 2.75) is 33.6 Å². The molecule has 2 bridgehead atoms. The van der Waals surface area contributed by atoms with Crippen LogP contribution in [0.25, 0.3) is 6.08 Å². The van der Waals surface area contributed by atoms with Crippen LogP contribution in [0, 0.1) is 16.7 Å². The Labute approximate surface area is 114 Å². The molecule has 2 aliphatic carbocycles. The zero-order chi connectivity index (χ0) is 13.8. The molecule has 2 unspecified atom stereocenters. The molecule has 3 rings (SSSR count). The molecule has 0 radical (unpaired) electrons. The van der Waals surface area contributed by atoms with Gasteiger partial charge in [-0.2, -0.15) is 0 Å². The van der Waals surface area contributed by atoms with Gasteiger partial charge in [0.05, 0.1) is 0 Å². The predicted molar refractivity (Wildman–Crippen MR) is 78.5 cm³/mol. The number of ketones is 1. The number of Topliss-reactive ketones (excluding diaryl/α,β-unsaturated/α-hetero) is 1. The number of carbonyl (C=O) groups excluding carboxylic acids is 1. The van der Waals surface area contributed by atoms with E-state index in [4.69, 9.17) is 5.73 Å². The molecule has 0 aliphatic heterocycles. The Morgan fingerprint density at radius 2 is 1.95 bits per heavy atom. The minimum absolute atomic E-state index is 0.0689. The van der Waals surface area contributed by atoms with Crippen LogP contribution in [-0.4, -0.2) is 5.78 Å². The maximum absolute atomic E-state index is 12.7. The minimum Gasteiger partial charge on any atom is -0.398 e. The third-order valence-electron chi connectivity index (χ3n) is 5.67. The number of carbonyl (C=O) groups is 1. The van der Waals surface area contributed by atoms with Crippen LogP contribution in [-0.2, 0) is 4.79 Å². The number of nitrogens with two attached hydrogens (primary N) is 1. The molecule has 2 aliphatic rings. The fourth-order valence-electron chi connectivity index (χ4n) is 3.90. The first-order chi connectivity index (χ1) is 8.88. The lowest BCUT2D eigenvalue weighted by Crippen LogP contribution is -2.32. The van der Waals surface area contributed by atoms with Gasteiger partial charge in [0.15, 0.2) is 5.78 Å². The van der Waals surface area contributed by atoms with Gasteiger partial charge in [-0.25, -0.2) is 0 Å². The van der Waals surface area contributed by atoms with E-state index in [1.165, 1.54) is 0 Å². The Morgan fingerprint density at radius 1 is 1.26 bits per heavy atom. The molecule has 1 aromatic rings. The van der Waals surface area contributed by atoms with E-state index in [0.29, 0.717) is 11.7 Å². The van der Waals surface area contributed by atoms with E-state index in [1.807, 2.05) is 30.3 Å². The number of hydrogen-bond donors (Lipinski definition) is 1. The van der Waals surface area contributed by atoms with E-state index in [2.05, 4.69) is 20.8 Å². The molecule has 2 atom stereocenters. The molecule has 100 valence electrons. The highest BCUT2D eigenvalue weighted by Gasteiger charge is 2.63. The van der Waals surface area contributed by atoms with Crippen LogP contribution in [0.2, 0.25) is 0 Å². The van der Waals surface area contributed by atoms with Crippen molar-refractivity contribution in [1.82, 2.24) is 0 Å². The first-order valence-electron chi connectivity index (χ1n) is 6.99. The van der Waals surface area contributed by atoms with Crippen molar-refractivity contribution in [2.75, 3.05) is 5.73 Å². The molecular weight excluding hydrogens is 234 g/mol. The first-order valence-corrected chi connectivity index (χ1v) is 6.99. The Bertz CT molecular complexity index is 585. The topological polar surface area (TPSA) is 43.1 Å². The molecule has 2 N–H and O–H groups in total. The zero-order valence-electron chi connectivity index (χ0n) is 11.9. The normalized spacial score (nSPS) is 34.2. The quantitative estimate of drug-likeness (QED) is 0.614. The SMILES string of the molecule is CC12CCC(C(=Cc3ccccc3N)C1=O)C2(C)C. The van der Waals surface area contributed by atoms with Crippen LogP contribution in [0.4, 0.5) is 5.69 Å². The van der Waals surface area contributed by atoms with Gasteiger partial charge in [0.2, 0.25) is 0 Å². The van der Waals surface area contributed by atoms with Crippen LogP contribution in [0.1, 0.15) is 39.2 Å². The molecule has 0 heterocycles. The molecule has 0 aromatic heterocycles. The highest BCUT2D eigenvalue weighted by molar-refractivity contribution is 6.08. The zero-order valence-corrected chi connectivity index (χ0v) is 11.9. The van der Waals surface area contributed by atoms with Crippen molar-refractivity contribution in [3.8, 4) is 0 Å². The van der Waals surface area contributed by atoms with Crippen LogP contribution in [0.3, 0.4) is 0 Å². The summed E-state index contributed by atoms with van der Waals surface area (Å²) in [5, 5.41) is 0. The van der Waals surface area contributed by atoms with E-state index in [0.717, 1.165) is 29.7 Å². The lowest BCUT2D eigenvalue weighted by molar-refractivity contribution is -0.125. The monoisotopic (exact) mass is 255 g/mol. The molecule has 0 amide bonds. The summed E-state index contributed by atoms with van der Waals surface area (Å²) in [6.45, 7) is 6.60. The Kier molecular flexibility index (Phi) is 2.44. The molecule has 0 saturated heterocycles. The summed E-state index contributed by atoms with van der Waals surface area (Å²) < 4.78 is 0. The van der Waals surface area contributed by atoms with E-state index >= 15 is 0 Å². The standard InChI is InChI=1S/C17H21NO/c1-16(2)13-8-9-17(16,3)15(19)12(13)10-11-6-4-5-7-14(11)18/h4-7,10,13H,8-9,18H2,1-3H3. The second-order valence-electron chi connectivity index (χ2n) is 6.70. The van der Waals surface area contributed by atoms with E-state index in [-0.39, 0.29) is 10.8 Å². The number of fused-ring (bicyclic) bond motifs is 2. The summed E-state index contributed by atoms with van der Waals surface area (Å²) in [6.07, 6.45) is 4.16. The van der Waals surface area contributed by atoms with Crippen LogP contribution in [0.5, 0.6) is 0 Å². The summed E-state index contributed by atoms with van der Waals surface area (Å²) in [7, 11) is 0. The number of hydrogen-bond acceptors (Lipinski definition) is 2. The summed E-state index contributed by atoms with van der Waals surface area (Å²) in [5.74, 6) is 0.710. The van der Waals surface area contributed by atoms with Crippen LogP contribution < -0.4 is 5.73 Å². The summed E-state index contributed by atoms with van der Waals surface area (Å²) in [6, 6.07) is 7.76. The maximum Gasteiger partial charge on any atom is 0.165 e. The van der Waals surface area contributed by atoms with Gasteiger partial charge in [-0.05, 0) is 41.9 Å². The van der Waals surface area contributed by atoms with Gasteiger partial charge in [0.1, 0.15) is 0 Å². The molecule has 2 heteroatoms. The van der Waals surface area contributed by atoms with Crippen LogP contribution >= 0.6 is 0 Å². The largest absolute Gasteiger partial charge is 0.398 e. The van der Waals surface area contributed by atoms with Gasteiger partial charge in [-0.1, -0.05) is 39.0 Å². The number of allylic oxidation sites excluding steroid dienone is 1. The van der Waals surface area contributed by atoms with Gasteiger partial charge in [-0.3, -0.25) is 4.79 Å². The highest BCUT2D eigenvalue weighted by atomic mass is 16.1. The highest BCUT2D eigenvalue weighted by Crippen LogP contribution is 2.65. The van der Waals surface area contributed by atoms with Crippen LogP contribution in [0.15, 0.2) is 29.8 Å². The summed E-state index contributed by atoms with van der Waals surface area (Å²) >= 11 is 0. The van der Waals surface area contributed by atoms with Crippen molar-refractivity contribution < 1.29 is 4.79 Å². The molecule has 2 saturated carbocycles. The van der Waals surface area contributed by atoms with E-state index < -0.39 is 0 Å². The van der Waals surface area contributed by atoms with Crippen molar-refractivity contribution in [1.29, 1.82) is 0 Å². The number of rotatable bonds is 1. The molecule has 1 aromatic carbocycles. The minimum atomic E-state index is -0.187. The predicted octanol–water partition coefficient (Wildman–Crippen LogP) is 3.68. The lowest BCUT2D eigenvalue weighted by Gasteiger charge is -2.31. The maximum atomic E-state index is 12.7. The Hall–Kier alpha value is -1.57.